The monoisotopic (exact) mass is 256 g/mol. The molecule has 1 rings (SSSR count). The van der Waals surface area contributed by atoms with Crippen LogP contribution in [0.25, 0.3) is 0 Å². The van der Waals surface area contributed by atoms with Crippen molar-refractivity contribution < 1.29 is 18.7 Å². The van der Waals surface area contributed by atoms with E-state index in [1.54, 1.807) is 6.08 Å². The third-order valence-electron chi connectivity index (χ3n) is 3.53. The Labute approximate surface area is 106 Å². The van der Waals surface area contributed by atoms with Gasteiger partial charge >= 0.3 is 5.97 Å². The molecule has 1 N–H and O–H groups in total. The summed E-state index contributed by atoms with van der Waals surface area (Å²) in [5.74, 6) is -4.64. The van der Waals surface area contributed by atoms with Gasteiger partial charge in [-0.25, -0.2) is 8.78 Å². The topological polar surface area (TPSA) is 37.3 Å². The zero-order valence-corrected chi connectivity index (χ0v) is 10.8. The van der Waals surface area contributed by atoms with E-state index < -0.39 is 23.2 Å². The van der Waals surface area contributed by atoms with Gasteiger partial charge in [-0.3, -0.25) is 4.79 Å². The van der Waals surface area contributed by atoms with Crippen LogP contribution in [0.5, 0.6) is 0 Å². The molecule has 1 aliphatic carbocycles. The molecule has 0 saturated heterocycles. The van der Waals surface area contributed by atoms with Crippen molar-refractivity contribution in [3.8, 4) is 0 Å². The van der Waals surface area contributed by atoms with Crippen molar-refractivity contribution >= 4 is 5.97 Å². The van der Waals surface area contributed by atoms with Crippen molar-refractivity contribution in [1.29, 1.82) is 0 Å². The van der Waals surface area contributed by atoms with E-state index in [9.17, 15) is 13.6 Å². The third kappa shape index (κ3) is 2.37. The minimum absolute atomic E-state index is 0.107. The van der Waals surface area contributed by atoms with Gasteiger partial charge in [0.25, 0.3) is 5.92 Å². The SMILES string of the molecule is C=C(C)C(F)(F)C1(C)C=CC(C(C)C(=O)O)=CC1. The number of carbonyl (C=O) groups is 1. The highest BCUT2D eigenvalue weighted by Crippen LogP contribution is 2.47. The molecule has 0 aliphatic heterocycles. The molecule has 1 aliphatic rings. The van der Waals surface area contributed by atoms with Gasteiger partial charge in [0, 0.05) is 0 Å². The highest BCUT2D eigenvalue weighted by Gasteiger charge is 2.49. The van der Waals surface area contributed by atoms with Crippen LogP contribution in [0.1, 0.15) is 27.2 Å². The van der Waals surface area contributed by atoms with Crippen LogP contribution in [0.4, 0.5) is 8.78 Å². The van der Waals surface area contributed by atoms with E-state index in [4.69, 9.17) is 5.11 Å². The predicted molar refractivity (Wildman–Crippen MR) is 66.5 cm³/mol. The summed E-state index contributed by atoms with van der Waals surface area (Å²) >= 11 is 0. The molecule has 0 bridgehead atoms. The molecule has 2 atom stereocenters. The van der Waals surface area contributed by atoms with Gasteiger partial charge in [-0.2, -0.15) is 0 Å². The maximum absolute atomic E-state index is 14.0. The number of aliphatic carboxylic acids is 1. The van der Waals surface area contributed by atoms with Crippen molar-refractivity contribution in [2.24, 2.45) is 11.3 Å². The Morgan fingerprint density at radius 1 is 1.61 bits per heavy atom. The maximum atomic E-state index is 14.0. The Bertz CT molecular complexity index is 435. The molecule has 0 aromatic heterocycles. The second-order valence-corrected chi connectivity index (χ2v) is 5.07. The summed E-state index contributed by atoms with van der Waals surface area (Å²) in [6, 6.07) is 0. The summed E-state index contributed by atoms with van der Waals surface area (Å²) in [6.45, 7) is 7.63. The first-order valence-corrected chi connectivity index (χ1v) is 5.78. The van der Waals surface area contributed by atoms with Crippen molar-refractivity contribution in [3.63, 3.8) is 0 Å². The summed E-state index contributed by atoms with van der Waals surface area (Å²) in [6.07, 6.45) is 4.57. The smallest absolute Gasteiger partial charge is 0.310 e. The number of carboxylic acid groups (broad SMARTS) is 1. The summed E-state index contributed by atoms with van der Waals surface area (Å²) in [5, 5.41) is 8.88. The Balaban J connectivity index is 2.96. The van der Waals surface area contributed by atoms with E-state index >= 15 is 0 Å². The second kappa shape index (κ2) is 4.67. The van der Waals surface area contributed by atoms with E-state index in [1.807, 2.05) is 0 Å². The van der Waals surface area contributed by atoms with Crippen LogP contribution in [-0.2, 0) is 4.79 Å². The van der Waals surface area contributed by atoms with Crippen molar-refractivity contribution in [1.82, 2.24) is 0 Å². The molecule has 18 heavy (non-hydrogen) atoms. The number of hydrogen-bond donors (Lipinski definition) is 1. The van der Waals surface area contributed by atoms with E-state index in [1.165, 1.54) is 32.9 Å². The Morgan fingerprint density at radius 2 is 2.17 bits per heavy atom. The van der Waals surface area contributed by atoms with Crippen LogP contribution in [0.15, 0.2) is 36.0 Å². The average molecular weight is 256 g/mol. The van der Waals surface area contributed by atoms with Gasteiger partial charge in [-0.05, 0) is 38.3 Å². The number of rotatable bonds is 4. The van der Waals surface area contributed by atoms with Gasteiger partial charge in [0.05, 0.1) is 11.3 Å². The fraction of sp³-hybridized carbons (Fsp3) is 0.500. The molecule has 0 spiro atoms. The van der Waals surface area contributed by atoms with Crippen LogP contribution in [0, 0.1) is 11.3 Å². The van der Waals surface area contributed by atoms with Gasteiger partial charge in [0.15, 0.2) is 0 Å². The lowest BCUT2D eigenvalue weighted by Crippen LogP contribution is -2.39. The number of allylic oxidation sites excluding steroid dienone is 4. The summed E-state index contributed by atoms with van der Waals surface area (Å²) in [4.78, 5) is 10.8. The van der Waals surface area contributed by atoms with E-state index in [0.29, 0.717) is 5.57 Å². The fourth-order valence-corrected chi connectivity index (χ4v) is 1.93. The van der Waals surface area contributed by atoms with Gasteiger partial charge in [-0.15, -0.1) is 0 Å². The van der Waals surface area contributed by atoms with Crippen LogP contribution < -0.4 is 0 Å². The van der Waals surface area contributed by atoms with Crippen LogP contribution >= 0.6 is 0 Å². The summed E-state index contributed by atoms with van der Waals surface area (Å²) in [7, 11) is 0. The predicted octanol–water partition coefficient (Wildman–Crippen LogP) is 3.81. The molecule has 0 aromatic rings. The van der Waals surface area contributed by atoms with Gasteiger partial charge < -0.3 is 5.11 Å². The van der Waals surface area contributed by atoms with E-state index in [2.05, 4.69) is 6.58 Å². The first kappa shape index (κ1) is 14.6. The van der Waals surface area contributed by atoms with E-state index in [-0.39, 0.29) is 12.0 Å². The molecule has 0 amide bonds. The molecule has 4 heteroatoms. The van der Waals surface area contributed by atoms with Crippen LogP contribution in [-0.4, -0.2) is 17.0 Å². The lowest BCUT2D eigenvalue weighted by atomic mass is 9.73. The van der Waals surface area contributed by atoms with Gasteiger partial charge in [0.1, 0.15) is 0 Å². The number of halogens is 2. The number of carboxylic acids is 1. The lowest BCUT2D eigenvalue weighted by Gasteiger charge is -2.37. The number of hydrogen-bond acceptors (Lipinski definition) is 1. The third-order valence-corrected chi connectivity index (χ3v) is 3.53. The average Bonchev–Trinajstić information content (AvgIpc) is 2.28. The van der Waals surface area contributed by atoms with Crippen LogP contribution in [0.3, 0.4) is 0 Å². The molecule has 2 unspecified atom stereocenters. The van der Waals surface area contributed by atoms with Gasteiger partial charge in [0.2, 0.25) is 0 Å². The van der Waals surface area contributed by atoms with Crippen LogP contribution in [0.2, 0.25) is 0 Å². The molecular weight excluding hydrogens is 238 g/mol. The van der Waals surface area contributed by atoms with Crippen molar-refractivity contribution in [2.45, 2.75) is 33.1 Å². The minimum Gasteiger partial charge on any atom is -0.481 e. The molecule has 2 nitrogen and oxygen atoms in total. The standard InChI is InChI=1S/C14H18F2O2/c1-9(2)14(15,16)13(4)7-5-11(6-8-13)10(3)12(17)18/h5-7,10H,1,8H2,2-4H3,(H,17,18). The quantitative estimate of drug-likeness (QED) is 0.776. The summed E-state index contributed by atoms with van der Waals surface area (Å²) < 4.78 is 28.0. The Morgan fingerprint density at radius 3 is 2.50 bits per heavy atom. The molecule has 0 radical (unpaired) electrons. The largest absolute Gasteiger partial charge is 0.481 e. The maximum Gasteiger partial charge on any atom is 0.310 e. The highest BCUT2D eigenvalue weighted by atomic mass is 19.3. The highest BCUT2D eigenvalue weighted by molar-refractivity contribution is 5.74. The van der Waals surface area contributed by atoms with E-state index in [0.717, 1.165) is 0 Å². The molecule has 0 heterocycles. The van der Waals surface area contributed by atoms with Crippen molar-refractivity contribution in [2.75, 3.05) is 0 Å². The normalized spacial score (nSPS) is 25.5. The fourth-order valence-electron chi connectivity index (χ4n) is 1.93. The minimum atomic E-state index is -3.00. The Hall–Kier alpha value is -1.45. The molecule has 100 valence electrons. The first-order valence-electron chi connectivity index (χ1n) is 5.78. The molecule has 0 aromatic carbocycles. The van der Waals surface area contributed by atoms with Crippen molar-refractivity contribution in [3.05, 3.63) is 36.0 Å². The number of alkyl halides is 2. The zero-order valence-electron chi connectivity index (χ0n) is 10.8. The summed E-state index contributed by atoms with van der Waals surface area (Å²) in [5.41, 5.74) is -0.948. The molecule has 0 saturated carbocycles. The first-order chi connectivity index (χ1) is 8.12. The molecular formula is C14H18F2O2. The van der Waals surface area contributed by atoms with Gasteiger partial charge in [-0.1, -0.05) is 24.8 Å². The second-order valence-electron chi connectivity index (χ2n) is 5.07. The zero-order chi connectivity index (χ0) is 14.1. The Kier molecular flexibility index (Phi) is 3.79. The molecule has 0 fully saturated rings. The lowest BCUT2D eigenvalue weighted by molar-refractivity contribution is -0.139.